The molecule has 1 aromatic heterocycles. The molecule has 6 rings (SSSR count). The Bertz CT molecular complexity index is 1780. The smallest absolute Gasteiger partial charge is 0.380 e. The summed E-state index contributed by atoms with van der Waals surface area (Å²) < 4.78 is 67.9. The summed E-state index contributed by atoms with van der Waals surface area (Å²) in [5.74, 6) is 0.435. The van der Waals surface area contributed by atoms with Gasteiger partial charge in [0.05, 0.1) is 18.9 Å². The zero-order valence-electron chi connectivity index (χ0n) is 22.9. The van der Waals surface area contributed by atoms with Gasteiger partial charge in [-0.3, -0.25) is 4.18 Å². The van der Waals surface area contributed by atoms with Crippen LogP contribution < -0.4 is 19.2 Å². The van der Waals surface area contributed by atoms with E-state index in [9.17, 15) is 16.8 Å². The van der Waals surface area contributed by atoms with Gasteiger partial charge in [0.1, 0.15) is 17.6 Å². The molecular formula is C26H31N5O9S2. The molecule has 14 nitrogen and oxygen atoms in total. The highest BCUT2D eigenvalue weighted by atomic mass is 32.2. The van der Waals surface area contributed by atoms with Crippen LogP contribution >= 0.6 is 0 Å². The lowest BCUT2D eigenvalue weighted by Crippen LogP contribution is -2.46. The van der Waals surface area contributed by atoms with E-state index in [1.807, 2.05) is 6.07 Å². The van der Waals surface area contributed by atoms with Gasteiger partial charge in [-0.05, 0) is 101 Å². The molecule has 2 fully saturated rings. The standard InChI is InChI=1S/C26H31N5O9S2/c1-26-8-7-15-16-11-23(36-2)24(38-41(27,32)33)12-18(16)21(10-17(15)19(26)4-6-25(26)39-42(28,34)35)29-37-13-14-3-5-20-22(9-14)31-40-30-20/h3,5,9,11-12,15,17,19,25H,4,6-8,10,13H2,1-2H3,(H2,27,32,33)(H2,28,34,35)/b29-21+/t15?,17?,19?,25-,26-/m0/s1. The van der Waals surface area contributed by atoms with Gasteiger partial charge in [-0.15, -0.1) is 0 Å². The lowest BCUT2D eigenvalue weighted by molar-refractivity contribution is -0.00264. The van der Waals surface area contributed by atoms with Crippen molar-refractivity contribution in [1.82, 2.24) is 10.3 Å². The Balaban J connectivity index is 1.37. The third-order valence-corrected chi connectivity index (χ3v) is 9.92. The minimum atomic E-state index is -4.33. The molecule has 0 aliphatic heterocycles. The number of nitrogens with two attached hydrogens (primary N) is 2. The van der Waals surface area contributed by atoms with E-state index in [4.69, 9.17) is 32.8 Å². The van der Waals surface area contributed by atoms with E-state index in [1.54, 1.807) is 24.3 Å². The van der Waals surface area contributed by atoms with Crippen molar-refractivity contribution >= 4 is 37.4 Å². The normalized spacial score (nSPS) is 28.2. The zero-order valence-corrected chi connectivity index (χ0v) is 24.6. The first-order valence-corrected chi connectivity index (χ1v) is 16.3. The summed E-state index contributed by atoms with van der Waals surface area (Å²) in [6.45, 7) is 2.20. The molecule has 5 atom stereocenters. The number of ether oxygens (including phenoxy) is 1. The van der Waals surface area contributed by atoms with Crippen molar-refractivity contribution in [3.63, 3.8) is 0 Å². The van der Waals surface area contributed by atoms with Crippen molar-refractivity contribution in [1.29, 1.82) is 0 Å². The Morgan fingerprint density at radius 1 is 1.02 bits per heavy atom. The van der Waals surface area contributed by atoms with E-state index in [1.165, 1.54) is 7.11 Å². The van der Waals surface area contributed by atoms with Crippen LogP contribution in [0.2, 0.25) is 0 Å². The van der Waals surface area contributed by atoms with Crippen molar-refractivity contribution in [3.05, 3.63) is 47.0 Å². The van der Waals surface area contributed by atoms with Crippen molar-refractivity contribution in [2.75, 3.05) is 7.11 Å². The maximum atomic E-state index is 11.8. The number of aromatic nitrogens is 2. The molecule has 3 aromatic rings. The van der Waals surface area contributed by atoms with Gasteiger partial charge in [0, 0.05) is 5.56 Å². The van der Waals surface area contributed by atoms with E-state index < -0.39 is 32.1 Å². The Labute approximate surface area is 242 Å². The number of nitrogens with zero attached hydrogens (tertiary/aromatic N) is 3. The van der Waals surface area contributed by atoms with Crippen molar-refractivity contribution in [2.45, 2.75) is 57.7 Å². The van der Waals surface area contributed by atoms with E-state index in [-0.39, 0.29) is 35.9 Å². The molecule has 226 valence electrons. The summed E-state index contributed by atoms with van der Waals surface area (Å²) in [6.07, 6.45) is 2.79. The molecule has 0 bridgehead atoms. The minimum Gasteiger partial charge on any atom is -0.493 e. The lowest BCUT2D eigenvalue weighted by Gasteiger charge is -2.50. The maximum absolute atomic E-state index is 11.8. The van der Waals surface area contributed by atoms with Crippen LogP contribution in [0.3, 0.4) is 0 Å². The number of fused-ring (bicyclic) bond motifs is 6. The van der Waals surface area contributed by atoms with Gasteiger partial charge in [-0.25, -0.2) is 9.77 Å². The monoisotopic (exact) mass is 621 g/mol. The molecule has 1 heterocycles. The highest BCUT2D eigenvalue weighted by molar-refractivity contribution is 7.84. The van der Waals surface area contributed by atoms with Crippen LogP contribution in [0.1, 0.15) is 61.6 Å². The van der Waals surface area contributed by atoms with Gasteiger partial charge in [-0.1, -0.05) is 18.1 Å². The van der Waals surface area contributed by atoms with Crippen molar-refractivity contribution in [2.24, 2.45) is 32.7 Å². The summed E-state index contributed by atoms with van der Waals surface area (Å²) in [7, 11) is -7.02. The third-order valence-electron chi connectivity index (χ3n) is 9.01. The molecule has 2 saturated carbocycles. The molecule has 0 saturated heterocycles. The van der Waals surface area contributed by atoms with Crippen LogP contribution in [0.15, 0.2) is 40.1 Å². The maximum Gasteiger partial charge on any atom is 0.380 e. The molecule has 4 N–H and O–H groups in total. The minimum absolute atomic E-state index is 0.0583. The molecule has 0 radical (unpaired) electrons. The molecule has 3 aliphatic carbocycles. The number of hydrogen-bond donors (Lipinski definition) is 2. The summed E-state index contributed by atoms with van der Waals surface area (Å²) in [5, 5.41) is 22.6. The Morgan fingerprint density at radius 3 is 2.55 bits per heavy atom. The van der Waals surface area contributed by atoms with Gasteiger partial charge in [0.25, 0.3) is 0 Å². The van der Waals surface area contributed by atoms with Gasteiger partial charge < -0.3 is 13.8 Å². The van der Waals surface area contributed by atoms with Gasteiger partial charge in [0.2, 0.25) is 0 Å². The molecule has 16 heteroatoms. The average Bonchev–Trinajstić information content (AvgIpc) is 3.50. The first kappa shape index (κ1) is 28.8. The van der Waals surface area contributed by atoms with Crippen molar-refractivity contribution in [3.8, 4) is 11.5 Å². The number of rotatable bonds is 8. The van der Waals surface area contributed by atoms with Crippen LogP contribution in [-0.2, 0) is 36.2 Å². The second-order valence-electron chi connectivity index (χ2n) is 11.3. The predicted octanol–water partition coefficient (Wildman–Crippen LogP) is 2.64. The van der Waals surface area contributed by atoms with E-state index in [0.29, 0.717) is 35.2 Å². The fraction of sp³-hybridized carbons (Fsp3) is 0.500. The van der Waals surface area contributed by atoms with Crippen LogP contribution in [0.4, 0.5) is 0 Å². The van der Waals surface area contributed by atoms with Crippen LogP contribution in [0, 0.1) is 17.3 Å². The number of benzene rings is 2. The van der Waals surface area contributed by atoms with Gasteiger partial charge in [-0.2, -0.15) is 22.0 Å². The van der Waals surface area contributed by atoms with Gasteiger partial charge in [0.15, 0.2) is 11.5 Å². The predicted molar refractivity (Wildman–Crippen MR) is 149 cm³/mol. The summed E-state index contributed by atoms with van der Waals surface area (Å²) in [6, 6.07) is 8.72. The summed E-state index contributed by atoms with van der Waals surface area (Å²) in [5.41, 5.74) is 3.79. The first-order chi connectivity index (χ1) is 19.8. The molecule has 3 unspecified atom stereocenters. The Hall–Kier alpha value is -3.31. The number of hydrogen-bond acceptors (Lipinski definition) is 12. The topological polar surface area (TPSA) is 209 Å². The third kappa shape index (κ3) is 5.44. The highest BCUT2D eigenvalue weighted by Crippen LogP contribution is 2.62. The second kappa shape index (κ2) is 10.4. The van der Waals surface area contributed by atoms with E-state index in [0.717, 1.165) is 30.4 Å². The molecular weight excluding hydrogens is 590 g/mol. The van der Waals surface area contributed by atoms with Crippen LogP contribution in [0.25, 0.3) is 11.0 Å². The Morgan fingerprint density at radius 2 is 1.81 bits per heavy atom. The van der Waals surface area contributed by atoms with E-state index in [2.05, 4.69) is 22.4 Å². The van der Waals surface area contributed by atoms with Gasteiger partial charge >= 0.3 is 20.6 Å². The molecule has 3 aliphatic rings. The SMILES string of the molecule is COc1cc2c(cc1OS(N)(=O)=O)/C(=N/OCc1ccc3nonc3c1)CC1C2CC[C@@]2(C)C1CC[C@@H]2OS(N)(=O)=O. The largest absolute Gasteiger partial charge is 0.493 e. The average molecular weight is 622 g/mol. The second-order valence-corrected chi connectivity index (χ2v) is 13.7. The van der Waals surface area contributed by atoms with E-state index >= 15 is 0 Å². The highest BCUT2D eigenvalue weighted by Gasteiger charge is 2.57. The molecule has 0 spiro atoms. The fourth-order valence-corrected chi connectivity index (χ4v) is 8.25. The number of methoxy groups -OCH3 is 1. The van der Waals surface area contributed by atoms with Crippen molar-refractivity contribution < 1.29 is 39.4 Å². The molecule has 2 aromatic carbocycles. The summed E-state index contributed by atoms with van der Waals surface area (Å²) >= 11 is 0. The molecule has 42 heavy (non-hydrogen) atoms. The van der Waals surface area contributed by atoms with Crippen LogP contribution in [0.5, 0.6) is 11.5 Å². The lowest BCUT2D eigenvalue weighted by atomic mass is 9.55. The summed E-state index contributed by atoms with van der Waals surface area (Å²) in [4.78, 5) is 5.82. The zero-order chi connectivity index (χ0) is 29.9. The number of oxime groups is 1. The molecule has 0 amide bonds. The quantitative estimate of drug-likeness (QED) is 0.349. The fourth-order valence-electron chi connectivity index (χ4n) is 7.23. The first-order valence-electron chi connectivity index (χ1n) is 13.4. The Kier molecular flexibility index (Phi) is 7.16. The van der Waals surface area contributed by atoms with Crippen LogP contribution in [-0.4, -0.2) is 46.1 Å².